The minimum atomic E-state index is -0.745. The summed E-state index contributed by atoms with van der Waals surface area (Å²) in [6, 6.07) is 6.84. The van der Waals surface area contributed by atoms with E-state index in [1.165, 1.54) is 18.2 Å². The molecule has 0 aliphatic rings. The van der Waals surface area contributed by atoms with Crippen molar-refractivity contribution in [3.8, 4) is 11.5 Å². The van der Waals surface area contributed by atoms with Gasteiger partial charge in [0.25, 0.3) is 0 Å². The van der Waals surface area contributed by atoms with Gasteiger partial charge in [0, 0.05) is 11.6 Å². The van der Waals surface area contributed by atoms with Crippen LogP contribution in [0, 0.1) is 11.6 Å². The Hall–Kier alpha value is -2.63. The number of nitrogens with two attached hydrogens (primary N) is 2. The van der Waals surface area contributed by atoms with Gasteiger partial charge in [-0.05, 0) is 30.3 Å². The molecular weight excluding hydrogens is 254 g/mol. The molecule has 4 nitrogen and oxygen atoms in total. The van der Waals surface area contributed by atoms with Gasteiger partial charge >= 0.3 is 0 Å². The fourth-order valence-corrected chi connectivity index (χ4v) is 1.45. The van der Waals surface area contributed by atoms with E-state index >= 15 is 0 Å². The molecule has 0 aliphatic carbocycles. The van der Waals surface area contributed by atoms with Crippen molar-refractivity contribution in [3.05, 3.63) is 53.6 Å². The van der Waals surface area contributed by atoms with Crippen molar-refractivity contribution in [1.82, 2.24) is 0 Å². The van der Waals surface area contributed by atoms with E-state index in [1.807, 2.05) is 0 Å². The van der Waals surface area contributed by atoms with Gasteiger partial charge in [-0.25, -0.2) is 8.78 Å². The number of carbonyl (C=O) groups is 1. The van der Waals surface area contributed by atoms with Crippen LogP contribution in [0.25, 0.3) is 0 Å². The predicted octanol–water partition coefficient (Wildman–Crippen LogP) is 2.44. The van der Waals surface area contributed by atoms with Crippen LogP contribution in [0.3, 0.4) is 0 Å². The molecule has 2 aromatic carbocycles. The van der Waals surface area contributed by atoms with Gasteiger partial charge in [-0.2, -0.15) is 0 Å². The summed E-state index contributed by atoms with van der Waals surface area (Å²) in [5, 5.41) is 0. The van der Waals surface area contributed by atoms with E-state index in [4.69, 9.17) is 16.2 Å². The second-order valence-corrected chi connectivity index (χ2v) is 3.79. The minimum absolute atomic E-state index is 0.0285. The molecule has 0 saturated heterocycles. The highest BCUT2D eigenvalue weighted by Gasteiger charge is 2.11. The lowest BCUT2D eigenvalue weighted by molar-refractivity contribution is 0.1000. The molecule has 2 rings (SSSR count). The second-order valence-electron chi connectivity index (χ2n) is 3.79. The monoisotopic (exact) mass is 264 g/mol. The smallest absolute Gasteiger partial charge is 0.248 e. The number of anilines is 1. The second kappa shape index (κ2) is 4.93. The zero-order valence-corrected chi connectivity index (χ0v) is 9.69. The molecule has 1 amide bonds. The minimum Gasteiger partial charge on any atom is -0.452 e. The van der Waals surface area contributed by atoms with Gasteiger partial charge in [0.15, 0.2) is 17.3 Å². The van der Waals surface area contributed by atoms with Crippen LogP contribution < -0.4 is 16.2 Å². The van der Waals surface area contributed by atoms with Gasteiger partial charge in [0.1, 0.15) is 5.82 Å². The highest BCUT2D eigenvalue weighted by molar-refractivity contribution is 5.93. The first-order valence-corrected chi connectivity index (χ1v) is 5.29. The van der Waals surface area contributed by atoms with Crippen molar-refractivity contribution in [2.45, 2.75) is 0 Å². The summed E-state index contributed by atoms with van der Waals surface area (Å²) in [6.07, 6.45) is 0. The number of hydrogen-bond donors (Lipinski definition) is 2. The summed E-state index contributed by atoms with van der Waals surface area (Å²) in [5.74, 6) is -2.37. The Labute approximate surface area is 107 Å². The Morgan fingerprint density at radius 1 is 1.05 bits per heavy atom. The largest absolute Gasteiger partial charge is 0.452 e. The summed E-state index contributed by atoms with van der Waals surface area (Å²) in [4.78, 5) is 11.0. The predicted molar refractivity (Wildman–Crippen MR) is 65.8 cm³/mol. The number of amides is 1. The molecule has 0 unspecified atom stereocenters. The molecule has 0 spiro atoms. The molecule has 0 aromatic heterocycles. The Balaban J connectivity index is 2.40. The van der Waals surface area contributed by atoms with E-state index in [-0.39, 0.29) is 22.7 Å². The lowest BCUT2D eigenvalue weighted by Crippen LogP contribution is -2.11. The van der Waals surface area contributed by atoms with Crippen molar-refractivity contribution in [2.24, 2.45) is 5.73 Å². The molecule has 19 heavy (non-hydrogen) atoms. The van der Waals surface area contributed by atoms with Crippen LogP contribution in [0.15, 0.2) is 36.4 Å². The van der Waals surface area contributed by atoms with Gasteiger partial charge in [0.2, 0.25) is 5.91 Å². The Bertz CT molecular complexity index is 645. The van der Waals surface area contributed by atoms with Crippen molar-refractivity contribution >= 4 is 11.6 Å². The van der Waals surface area contributed by atoms with Crippen LogP contribution in [-0.2, 0) is 0 Å². The quantitative estimate of drug-likeness (QED) is 0.836. The molecule has 0 heterocycles. The van der Waals surface area contributed by atoms with Gasteiger partial charge in [-0.3, -0.25) is 4.79 Å². The van der Waals surface area contributed by atoms with Crippen LogP contribution in [0.4, 0.5) is 14.5 Å². The highest BCUT2D eigenvalue weighted by atomic mass is 19.1. The average Bonchev–Trinajstić information content (AvgIpc) is 2.36. The molecule has 0 radical (unpaired) electrons. The molecule has 6 heteroatoms. The third kappa shape index (κ3) is 2.79. The lowest BCUT2D eigenvalue weighted by Gasteiger charge is -2.10. The summed E-state index contributed by atoms with van der Waals surface area (Å²) in [6.45, 7) is 0. The van der Waals surface area contributed by atoms with E-state index in [9.17, 15) is 13.6 Å². The zero-order chi connectivity index (χ0) is 14.0. The summed E-state index contributed by atoms with van der Waals surface area (Å²) in [7, 11) is 0. The first-order chi connectivity index (χ1) is 8.97. The molecular formula is C13H10F2N2O2. The van der Waals surface area contributed by atoms with Crippen LogP contribution in [-0.4, -0.2) is 5.91 Å². The zero-order valence-electron chi connectivity index (χ0n) is 9.69. The molecule has 0 bridgehead atoms. The van der Waals surface area contributed by atoms with Crippen molar-refractivity contribution < 1.29 is 18.3 Å². The number of hydrogen-bond acceptors (Lipinski definition) is 3. The molecule has 98 valence electrons. The standard InChI is InChI=1S/C13H10F2N2O2/c14-8-2-3-9(15)11(6-8)19-12-5-7(13(17)18)1-4-10(12)16/h1-6H,16H2,(H2,17,18). The fraction of sp³-hybridized carbons (Fsp3) is 0. The van der Waals surface area contributed by atoms with Gasteiger partial charge in [-0.1, -0.05) is 0 Å². The third-order valence-corrected chi connectivity index (χ3v) is 2.41. The van der Waals surface area contributed by atoms with E-state index in [1.54, 1.807) is 0 Å². The van der Waals surface area contributed by atoms with E-state index < -0.39 is 17.5 Å². The highest BCUT2D eigenvalue weighted by Crippen LogP contribution is 2.30. The number of halogens is 2. The van der Waals surface area contributed by atoms with Crippen molar-refractivity contribution in [2.75, 3.05) is 5.73 Å². The molecule has 0 aliphatic heterocycles. The first-order valence-electron chi connectivity index (χ1n) is 5.29. The van der Waals surface area contributed by atoms with E-state index in [2.05, 4.69) is 0 Å². The average molecular weight is 264 g/mol. The fourth-order valence-electron chi connectivity index (χ4n) is 1.45. The molecule has 0 atom stereocenters. The van der Waals surface area contributed by atoms with Crippen LogP contribution in [0.2, 0.25) is 0 Å². The van der Waals surface area contributed by atoms with Crippen LogP contribution in [0.1, 0.15) is 10.4 Å². The Morgan fingerprint density at radius 3 is 2.47 bits per heavy atom. The van der Waals surface area contributed by atoms with Crippen molar-refractivity contribution in [1.29, 1.82) is 0 Å². The SMILES string of the molecule is NC(=O)c1ccc(N)c(Oc2cc(F)ccc2F)c1. The summed E-state index contributed by atoms with van der Waals surface area (Å²) in [5.41, 5.74) is 11.1. The molecule has 0 fully saturated rings. The number of ether oxygens (including phenoxy) is 1. The number of nitrogen functional groups attached to an aromatic ring is 1. The maximum atomic E-state index is 13.4. The number of benzene rings is 2. The number of carbonyl (C=O) groups excluding carboxylic acids is 1. The lowest BCUT2D eigenvalue weighted by atomic mass is 10.2. The first kappa shape index (κ1) is 12.8. The Morgan fingerprint density at radius 2 is 1.79 bits per heavy atom. The van der Waals surface area contributed by atoms with E-state index in [0.29, 0.717) is 0 Å². The van der Waals surface area contributed by atoms with Crippen molar-refractivity contribution in [3.63, 3.8) is 0 Å². The summed E-state index contributed by atoms with van der Waals surface area (Å²) < 4.78 is 31.6. The molecule has 0 saturated carbocycles. The molecule has 4 N–H and O–H groups in total. The maximum absolute atomic E-state index is 13.4. The Kier molecular flexibility index (Phi) is 3.33. The normalized spacial score (nSPS) is 10.2. The molecule has 2 aromatic rings. The van der Waals surface area contributed by atoms with Crippen LogP contribution >= 0.6 is 0 Å². The van der Waals surface area contributed by atoms with Gasteiger partial charge < -0.3 is 16.2 Å². The van der Waals surface area contributed by atoms with Gasteiger partial charge in [0.05, 0.1) is 5.69 Å². The van der Waals surface area contributed by atoms with Crippen LogP contribution in [0.5, 0.6) is 11.5 Å². The maximum Gasteiger partial charge on any atom is 0.248 e. The van der Waals surface area contributed by atoms with Gasteiger partial charge in [-0.15, -0.1) is 0 Å². The van der Waals surface area contributed by atoms with E-state index in [0.717, 1.165) is 18.2 Å². The number of primary amides is 1. The topological polar surface area (TPSA) is 78.3 Å². The third-order valence-electron chi connectivity index (χ3n) is 2.41. The summed E-state index contributed by atoms with van der Waals surface area (Å²) >= 11 is 0. The number of rotatable bonds is 3.